The summed E-state index contributed by atoms with van der Waals surface area (Å²) in [6.07, 6.45) is 1.96. The topological polar surface area (TPSA) is 90.2 Å². The largest absolute Gasteiger partial charge is 0.495 e. The van der Waals surface area contributed by atoms with Crippen LogP contribution in [0.3, 0.4) is 0 Å². The maximum Gasteiger partial charge on any atom is 0.252 e. The van der Waals surface area contributed by atoms with Gasteiger partial charge in [-0.2, -0.15) is 5.10 Å². The summed E-state index contributed by atoms with van der Waals surface area (Å²) in [5.74, 6) is 0.498. The van der Waals surface area contributed by atoms with Crippen molar-refractivity contribution in [2.45, 2.75) is 19.4 Å². The van der Waals surface area contributed by atoms with Gasteiger partial charge in [0.1, 0.15) is 17.1 Å². The lowest BCUT2D eigenvalue weighted by Crippen LogP contribution is -2.33. The number of carbonyl (C=O) groups excluding carboxylic acids is 1. The first-order valence-electron chi connectivity index (χ1n) is 8.28. The molecule has 0 atom stereocenters. The van der Waals surface area contributed by atoms with E-state index in [9.17, 15) is 4.79 Å². The van der Waals surface area contributed by atoms with Crippen molar-refractivity contribution in [1.82, 2.24) is 10.2 Å². The van der Waals surface area contributed by atoms with E-state index >= 15 is 0 Å². The lowest BCUT2D eigenvalue weighted by atomic mass is 9.88. The molecule has 6 nitrogen and oxygen atoms in total. The molecule has 0 saturated carbocycles. The molecule has 0 spiro atoms. The van der Waals surface area contributed by atoms with E-state index in [1.165, 1.54) is 7.11 Å². The number of aromatic amines is 1. The number of primary amides is 1. The predicted octanol–water partition coefficient (Wildman–Crippen LogP) is 3.38. The van der Waals surface area contributed by atoms with Gasteiger partial charge in [-0.1, -0.05) is 18.2 Å². The number of ether oxygens (including phenoxy) is 2. The summed E-state index contributed by atoms with van der Waals surface area (Å²) in [7, 11) is 1.51. The van der Waals surface area contributed by atoms with Crippen LogP contribution >= 0.6 is 0 Å². The van der Waals surface area contributed by atoms with Crippen molar-refractivity contribution in [3.8, 4) is 11.5 Å². The number of carbonyl (C=O) groups is 1. The minimum absolute atomic E-state index is 0.317. The third kappa shape index (κ3) is 2.34. The molecule has 0 radical (unpaired) electrons. The van der Waals surface area contributed by atoms with Crippen LogP contribution in [0.5, 0.6) is 11.5 Å². The van der Waals surface area contributed by atoms with Gasteiger partial charge in [-0.25, -0.2) is 0 Å². The number of methoxy groups -OCH3 is 1. The fourth-order valence-corrected chi connectivity index (χ4v) is 3.39. The van der Waals surface area contributed by atoms with E-state index in [0.717, 1.165) is 22.2 Å². The van der Waals surface area contributed by atoms with Crippen LogP contribution in [0.25, 0.3) is 22.6 Å². The summed E-state index contributed by atoms with van der Waals surface area (Å²) in [5, 5.41) is 8.55. The Balaban J connectivity index is 1.99. The fraction of sp³-hybridized carbons (Fsp3) is 0.200. The van der Waals surface area contributed by atoms with E-state index in [1.807, 2.05) is 44.2 Å². The first-order chi connectivity index (χ1) is 12.4. The van der Waals surface area contributed by atoms with Gasteiger partial charge in [-0.3, -0.25) is 9.89 Å². The first kappa shape index (κ1) is 16.2. The van der Waals surface area contributed by atoms with Crippen molar-refractivity contribution in [3.63, 3.8) is 0 Å². The highest BCUT2D eigenvalue weighted by atomic mass is 16.5. The van der Waals surface area contributed by atoms with Gasteiger partial charge in [0.15, 0.2) is 0 Å². The molecular weight excluding hydrogens is 330 g/mol. The molecule has 0 bridgehead atoms. The Bertz CT molecular complexity index is 1060. The lowest BCUT2D eigenvalue weighted by molar-refractivity contribution is 0.0997. The quantitative estimate of drug-likeness (QED) is 0.758. The van der Waals surface area contributed by atoms with Crippen LogP contribution in [0.1, 0.15) is 35.5 Å². The van der Waals surface area contributed by atoms with Crippen molar-refractivity contribution in [1.29, 1.82) is 0 Å². The number of fused-ring (bicyclic) bond motifs is 2. The van der Waals surface area contributed by atoms with E-state index < -0.39 is 11.5 Å². The zero-order chi connectivity index (χ0) is 18.5. The molecule has 1 aromatic heterocycles. The summed E-state index contributed by atoms with van der Waals surface area (Å²) in [4.78, 5) is 11.7. The normalized spacial score (nSPS) is 15.1. The Morgan fingerprint density at radius 3 is 2.73 bits per heavy atom. The maximum absolute atomic E-state index is 11.7. The van der Waals surface area contributed by atoms with Gasteiger partial charge >= 0.3 is 0 Å². The van der Waals surface area contributed by atoms with Gasteiger partial charge in [0.05, 0.1) is 29.4 Å². The molecule has 2 heterocycles. The number of nitrogens with one attached hydrogen (secondary N) is 1. The number of H-pyrrole nitrogens is 1. The maximum atomic E-state index is 11.7. The zero-order valence-corrected chi connectivity index (χ0v) is 14.8. The third-order valence-electron chi connectivity index (χ3n) is 4.65. The number of rotatable bonds is 3. The summed E-state index contributed by atoms with van der Waals surface area (Å²) in [6, 6.07) is 11.3. The van der Waals surface area contributed by atoms with Crippen LogP contribution in [-0.4, -0.2) is 28.8 Å². The molecule has 132 valence electrons. The summed E-state index contributed by atoms with van der Waals surface area (Å²) in [6.45, 7) is 3.97. The van der Waals surface area contributed by atoms with Crippen molar-refractivity contribution in [2.75, 3.05) is 7.11 Å². The van der Waals surface area contributed by atoms with Gasteiger partial charge in [0, 0.05) is 11.0 Å². The summed E-state index contributed by atoms with van der Waals surface area (Å²) < 4.78 is 11.7. The number of hydrogen-bond acceptors (Lipinski definition) is 4. The van der Waals surface area contributed by atoms with Crippen molar-refractivity contribution in [3.05, 3.63) is 53.2 Å². The second kappa shape index (κ2) is 5.62. The molecule has 26 heavy (non-hydrogen) atoms. The molecule has 2 aromatic carbocycles. The minimum Gasteiger partial charge on any atom is -0.495 e. The van der Waals surface area contributed by atoms with Crippen molar-refractivity contribution in [2.24, 2.45) is 5.73 Å². The van der Waals surface area contributed by atoms with Crippen molar-refractivity contribution < 1.29 is 14.3 Å². The standard InChI is InChI=1S/C20H19N3O3/c1-20(2)14(17-11-6-4-5-7-15(11)22-23-17)10-13-16(26-20)9-8-12(19(21)24)18(13)25-3/h4-10H,1-3H3,(H2,21,24)(H,22,23). The van der Waals surface area contributed by atoms with Gasteiger partial charge in [-0.15, -0.1) is 0 Å². The Morgan fingerprint density at radius 2 is 2.00 bits per heavy atom. The highest BCUT2D eigenvalue weighted by Crippen LogP contribution is 2.45. The van der Waals surface area contributed by atoms with E-state index in [-0.39, 0.29) is 0 Å². The number of aromatic nitrogens is 2. The molecule has 3 N–H and O–H groups in total. The van der Waals surface area contributed by atoms with Gasteiger partial charge < -0.3 is 15.2 Å². The van der Waals surface area contributed by atoms with Crippen LogP contribution in [0, 0.1) is 0 Å². The Morgan fingerprint density at radius 1 is 1.23 bits per heavy atom. The Hall–Kier alpha value is -3.28. The van der Waals surface area contributed by atoms with Crippen LogP contribution in [0.4, 0.5) is 0 Å². The Kier molecular flexibility index (Phi) is 3.50. The summed E-state index contributed by atoms with van der Waals surface area (Å²) >= 11 is 0. The minimum atomic E-state index is -0.607. The fourth-order valence-electron chi connectivity index (χ4n) is 3.39. The van der Waals surface area contributed by atoms with E-state index in [4.69, 9.17) is 15.2 Å². The molecule has 1 aliphatic rings. The summed E-state index contributed by atoms with van der Waals surface area (Å²) in [5.41, 5.74) is 8.52. The molecule has 0 aliphatic carbocycles. The van der Waals surface area contributed by atoms with Crippen LogP contribution in [0.15, 0.2) is 36.4 Å². The predicted molar refractivity (Wildman–Crippen MR) is 100 cm³/mol. The van der Waals surface area contributed by atoms with E-state index in [2.05, 4.69) is 10.2 Å². The van der Waals surface area contributed by atoms with Gasteiger partial charge in [0.2, 0.25) is 0 Å². The van der Waals surface area contributed by atoms with E-state index in [0.29, 0.717) is 22.6 Å². The average molecular weight is 349 g/mol. The van der Waals surface area contributed by atoms with Crippen molar-refractivity contribution >= 4 is 28.5 Å². The highest BCUT2D eigenvalue weighted by molar-refractivity contribution is 6.02. The Labute approximate surface area is 150 Å². The molecular formula is C20H19N3O3. The molecule has 3 aromatic rings. The molecule has 0 unspecified atom stereocenters. The van der Waals surface area contributed by atoms with Crippen LogP contribution in [0.2, 0.25) is 0 Å². The molecule has 4 rings (SSSR count). The number of para-hydroxylation sites is 1. The van der Waals surface area contributed by atoms with E-state index in [1.54, 1.807) is 12.1 Å². The number of amides is 1. The zero-order valence-electron chi connectivity index (χ0n) is 14.8. The lowest BCUT2D eigenvalue weighted by Gasteiger charge is -2.34. The molecule has 0 fully saturated rings. The highest BCUT2D eigenvalue weighted by Gasteiger charge is 2.35. The smallest absolute Gasteiger partial charge is 0.252 e. The molecule has 6 heteroatoms. The number of hydrogen-bond donors (Lipinski definition) is 2. The molecule has 0 saturated heterocycles. The third-order valence-corrected chi connectivity index (χ3v) is 4.65. The molecule has 1 aliphatic heterocycles. The second-order valence-corrected chi connectivity index (χ2v) is 6.71. The molecule has 1 amide bonds. The SMILES string of the molecule is COc1c(C(N)=O)ccc2c1C=C(c1n[nH]c3ccccc13)C(C)(C)O2. The average Bonchev–Trinajstić information content (AvgIpc) is 3.03. The number of nitrogens with two attached hydrogens (primary N) is 1. The van der Waals surface area contributed by atoms with Crippen LogP contribution < -0.4 is 15.2 Å². The number of benzene rings is 2. The van der Waals surface area contributed by atoms with Crippen LogP contribution in [-0.2, 0) is 0 Å². The second-order valence-electron chi connectivity index (χ2n) is 6.71. The van der Waals surface area contributed by atoms with Gasteiger partial charge in [0.25, 0.3) is 5.91 Å². The number of nitrogens with zero attached hydrogens (tertiary/aromatic N) is 1. The first-order valence-corrected chi connectivity index (χ1v) is 8.28. The van der Waals surface area contributed by atoms with Gasteiger partial charge in [-0.05, 0) is 38.1 Å². The monoisotopic (exact) mass is 349 g/mol.